The molecule has 3 heteroatoms. The van der Waals surface area contributed by atoms with E-state index in [1.807, 2.05) is 18.2 Å². The van der Waals surface area contributed by atoms with Gasteiger partial charge in [-0.3, -0.25) is 0 Å². The van der Waals surface area contributed by atoms with Crippen LogP contribution < -0.4 is 14.8 Å². The van der Waals surface area contributed by atoms with E-state index in [9.17, 15) is 0 Å². The van der Waals surface area contributed by atoms with Crippen molar-refractivity contribution in [3.8, 4) is 11.5 Å². The minimum atomic E-state index is 0.239. The van der Waals surface area contributed by atoms with Crippen molar-refractivity contribution in [2.45, 2.75) is 19.5 Å². The molecule has 0 bridgehead atoms. The molecule has 3 aromatic rings. The molecule has 0 fully saturated rings. The normalized spacial score (nSPS) is 12.1. The average Bonchev–Trinajstić information content (AvgIpc) is 2.65. The SMILES string of the molecule is COc1ccc(CNC(C)c2cccc3ccccc23)c(OC)c1. The van der Waals surface area contributed by atoms with Crippen LogP contribution in [0, 0.1) is 0 Å². The van der Waals surface area contributed by atoms with Gasteiger partial charge in [-0.2, -0.15) is 0 Å². The zero-order chi connectivity index (χ0) is 16.9. The Hall–Kier alpha value is -2.52. The number of hydrogen-bond acceptors (Lipinski definition) is 3. The number of ether oxygens (including phenoxy) is 2. The molecule has 0 heterocycles. The lowest BCUT2D eigenvalue weighted by atomic mass is 9.99. The van der Waals surface area contributed by atoms with Crippen LogP contribution in [0.3, 0.4) is 0 Å². The third-order valence-corrected chi connectivity index (χ3v) is 4.38. The molecule has 0 aliphatic carbocycles. The fourth-order valence-corrected chi connectivity index (χ4v) is 3.00. The van der Waals surface area contributed by atoms with Crippen molar-refractivity contribution in [2.75, 3.05) is 14.2 Å². The lowest BCUT2D eigenvalue weighted by Crippen LogP contribution is -2.18. The molecule has 1 unspecified atom stereocenters. The van der Waals surface area contributed by atoms with Gasteiger partial charge >= 0.3 is 0 Å². The second kappa shape index (κ2) is 7.37. The smallest absolute Gasteiger partial charge is 0.127 e. The Morgan fingerprint density at radius 2 is 1.71 bits per heavy atom. The van der Waals surface area contributed by atoms with Crippen LogP contribution in [0.5, 0.6) is 11.5 Å². The van der Waals surface area contributed by atoms with Crippen molar-refractivity contribution < 1.29 is 9.47 Å². The monoisotopic (exact) mass is 321 g/mol. The van der Waals surface area contributed by atoms with Gasteiger partial charge in [-0.15, -0.1) is 0 Å². The highest BCUT2D eigenvalue weighted by atomic mass is 16.5. The summed E-state index contributed by atoms with van der Waals surface area (Å²) >= 11 is 0. The van der Waals surface area contributed by atoms with E-state index in [4.69, 9.17) is 9.47 Å². The van der Waals surface area contributed by atoms with Crippen LogP contribution >= 0.6 is 0 Å². The molecular weight excluding hydrogens is 298 g/mol. The van der Waals surface area contributed by atoms with Gasteiger partial charge in [0.2, 0.25) is 0 Å². The molecular formula is C21H23NO2. The summed E-state index contributed by atoms with van der Waals surface area (Å²) in [5.41, 5.74) is 2.42. The fourth-order valence-electron chi connectivity index (χ4n) is 3.00. The first kappa shape index (κ1) is 16.3. The molecule has 1 N–H and O–H groups in total. The van der Waals surface area contributed by atoms with Gasteiger partial charge in [-0.1, -0.05) is 48.5 Å². The third kappa shape index (κ3) is 3.36. The van der Waals surface area contributed by atoms with E-state index in [1.54, 1.807) is 14.2 Å². The Bertz CT molecular complexity index is 824. The number of fused-ring (bicyclic) bond motifs is 1. The van der Waals surface area contributed by atoms with Gasteiger partial charge in [0.25, 0.3) is 0 Å². The van der Waals surface area contributed by atoms with Crippen molar-refractivity contribution in [2.24, 2.45) is 0 Å². The van der Waals surface area contributed by atoms with Crippen LogP contribution in [-0.2, 0) is 6.54 Å². The first-order valence-corrected chi connectivity index (χ1v) is 8.15. The van der Waals surface area contributed by atoms with Crippen LogP contribution in [0.1, 0.15) is 24.1 Å². The highest BCUT2D eigenvalue weighted by Crippen LogP contribution is 2.27. The first-order chi connectivity index (χ1) is 11.7. The van der Waals surface area contributed by atoms with Crippen LogP contribution in [0.4, 0.5) is 0 Å². The molecule has 0 radical (unpaired) electrons. The van der Waals surface area contributed by atoms with E-state index in [0.29, 0.717) is 0 Å². The summed E-state index contributed by atoms with van der Waals surface area (Å²) in [5.74, 6) is 1.64. The molecule has 3 aromatic carbocycles. The number of nitrogens with one attached hydrogen (secondary N) is 1. The van der Waals surface area contributed by atoms with Gasteiger partial charge in [0.05, 0.1) is 14.2 Å². The Labute approximate surface area is 143 Å². The summed E-state index contributed by atoms with van der Waals surface area (Å²) in [7, 11) is 3.35. The van der Waals surface area contributed by atoms with Crippen molar-refractivity contribution in [3.05, 3.63) is 71.8 Å². The molecule has 0 saturated carbocycles. The van der Waals surface area contributed by atoms with Crippen molar-refractivity contribution in [3.63, 3.8) is 0 Å². The predicted molar refractivity (Wildman–Crippen MR) is 98.7 cm³/mol. The molecule has 0 amide bonds. The summed E-state index contributed by atoms with van der Waals surface area (Å²) in [4.78, 5) is 0. The molecule has 0 aliphatic rings. The van der Waals surface area contributed by atoms with Crippen molar-refractivity contribution in [1.29, 1.82) is 0 Å². The van der Waals surface area contributed by atoms with Gasteiger partial charge in [-0.05, 0) is 29.3 Å². The second-order valence-corrected chi connectivity index (χ2v) is 5.85. The van der Waals surface area contributed by atoms with Crippen LogP contribution in [0.25, 0.3) is 10.8 Å². The largest absolute Gasteiger partial charge is 0.497 e. The van der Waals surface area contributed by atoms with E-state index in [-0.39, 0.29) is 6.04 Å². The number of hydrogen-bond donors (Lipinski definition) is 1. The van der Waals surface area contributed by atoms with E-state index < -0.39 is 0 Å². The molecule has 0 aliphatic heterocycles. The van der Waals surface area contributed by atoms with Gasteiger partial charge in [-0.25, -0.2) is 0 Å². The molecule has 3 nitrogen and oxygen atoms in total. The van der Waals surface area contributed by atoms with Gasteiger partial charge in [0.1, 0.15) is 11.5 Å². The van der Waals surface area contributed by atoms with Crippen molar-refractivity contribution >= 4 is 10.8 Å². The maximum absolute atomic E-state index is 5.48. The molecule has 0 aromatic heterocycles. The van der Waals surface area contributed by atoms with Crippen LogP contribution in [0.15, 0.2) is 60.7 Å². The molecule has 3 rings (SSSR count). The summed E-state index contributed by atoms with van der Waals surface area (Å²) in [6.07, 6.45) is 0. The van der Waals surface area contributed by atoms with Gasteiger partial charge < -0.3 is 14.8 Å². The van der Waals surface area contributed by atoms with Gasteiger partial charge in [0, 0.05) is 24.2 Å². The number of methoxy groups -OCH3 is 2. The van der Waals surface area contributed by atoms with E-state index >= 15 is 0 Å². The van der Waals surface area contributed by atoms with E-state index in [0.717, 1.165) is 23.6 Å². The summed E-state index contributed by atoms with van der Waals surface area (Å²) in [6, 6.07) is 21.1. The number of rotatable bonds is 6. The lowest BCUT2D eigenvalue weighted by molar-refractivity contribution is 0.389. The molecule has 124 valence electrons. The fraction of sp³-hybridized carbons (Fsp3) is 0.238. The highest BCUT2D eigenvalue weighted by Gasteiger charge is 2.11. The topological polar surface area (TPSA) is 30.5 Å². The second-order valence-electron chi connectivity index (χ2n) is 5.85. The predicted octanol–water partition coefficient (Wildman–Crippen LogP) is 4.71. The standard InChI is InChI=1S/C21H23NO2/c1-15(19-10-6-8-16-7-4-5-9-20(16)19)22-14-17-11-12-18(23-2)13-21(17)24-3/h4-13,15,22H,14H2,1-3H3. The maximum Gasteiger partial charge on any atom is 0.127 e. The average molecular weight is 321 g/mol. The zero-order valence-electron chi connectivity index (χ0n) is 14.4. The Kier molecular flexibility index (Phi) is 5.02. The number of benzene rings is 3. The highest BCUT2D eigenvalue weighted by molar-refractivity contribution is 5.86. The molecule has 0 spiro atoms. The summed E-state index contributed by atoms with van der Waals surface area (Å²) in [5, 5.41) is 6.16. The van der Waals surface area contributed by atoms with Crippen LogP contribution in [-0.4, -0.2) is 14.2 Å². The Balaban J connectivity index is 1.79. The summed E-state index contributed by atoms with van der Waals surface area (Å²) in [6.45, 7) is 2.93. The van der Waals surface area contributed by atoms with Crippen molar-refractivity contribution in [1.82, 2.24) is 5.32 Å². The molecule has 1 atom stereocenters. The van der Waals surface area contributed by atoms with E-state index in [2.05, 4.69) is 54.7 Å². The van der Waals surface area contributed by atoms with Gasteiger partial charge in [0.15, 0.2) is 0 Å². The minimum Gasteiger partial charge on any atom is -0.497 e. The first-order valence-electron chi connectivity index (χ1n) is 8.15. The van der Waals surface area contributed by atoms with Crippen LogP contribution in [0.2, 0.25) is 0 Å². The maximum atomic E-state index is 5.48. The molecule has 24 heavy (non-hydrogen) atoms. The zero-order valence-corrected chi connectivity index (χ0v) is 14.4. The molecule has 0 saturated heterocycles. The Morgan fingerprint density at radius 1 is 0.917 bits per heavy atom. The summed E-state index contributed by atoms with van der Waals surface area (Å²) < 4.78 is 10.7. The Morgan fingerprint density at radius 3 is 2.50 bits per heavy atom. The van der Waals surface area contributed by atoms with E-state index in [1.165, 1.54) is 16.3 Å². The minimum absolute atomic E-state index is 0.239. The lowest BCUT2D eigenvalue weighted by Gasteiger charge is -2.18. The quantitative estimate of drug-likeness (QED) is 0.713. The third-order valence-electron chi connectivity index (χ3n) is 4.38.